The first-order valence-electron chi connectivity index (χ1n) is 7.01. The van der Waals surface area contributed by atoms with Crippen molar-refractivity contribution >= 4 is 23.1 Å². The van der Waals surface area contributed by atoms with Gasteiger partial charge in [0.15, 0.2) is 0 Å². The lowest BCUT2D eigenvalue weighted by Crippen LogP contribution is -2.58. The van der Waals surface area contributed by atoms with Gasteiger partial charge in [-0.15, -0.1) is 6.58 Å². The molecule has 1 aromatic carbocycles. The number of imide groups is 1. The van der Waals surface area contributed by atoms with E-state index in [9.17, 15) is 27.2 Å². The molecule has 0 spiro atoms. The molecule has 1 aromatic rings. The van der Waals surface area contributed by atoms with Crippen LogP contribution in [0.25, 0.3) is 0 Å². The van der Waals surface area contributed by atoms with Crippen molar-refractivity contribution in [3.05, 3.63) is 47.8 Å². The highest BCUT2D eigenvalue weighted by Gasteiger charge is 2.43. The van der Waals surface area contributed by atoms with Gasteiger partial charge in [0, 0.05) is 6.54 Å². The van der Waals surface area contributed by atoms with E-state index in [-0.39, 0.29) is 12.1 Å². The molecule has 0 unspecified atom stereocenters. The van der Waals surface area contributed by atoms with E-state index in [1.807, 2.05) is 0 Å². The SMILES string of the molecule is C=CCN1[C@@H](C)[C@@H](c2cc(F)cc(C(F)(F)F)c2)OC(=O)N1C(=O)Cl. The third kappa shape index (κ3) is 3.93. The molecular formula is C15H13ClF4N2O3. The Morgan fingerprint density at radius 3 is 2.56 bits per heavy atom. The van der Waals surface area contributed by atoms with Crippen LogP contribution in [0.15, 0.2) is 30.9 Å². The molecule has 0 aromatic heterocycles. The van der Waals surface area contributed by atoms with Gasteiger partial charge in [-0.1, -0.05) is 6.08 Å². The number of alkyl halides is 3. The Hall–Kier alpha value is -2.13. The lowest BCUT2D eigenvalue weighted by molar-refractivity contribution is -0.138. The molecule has 2 atom stereocenters. The van der Waals surface area contributed by atoms with Crippen molar-refractivity contribution in [2.75, 3.05) is 6.54 Å². The van der Waals surface area contributed by atoms with Crippen LogP contribution < -0.4 is 0 Å². The van der Waals surface area contributed by atoms with Crippen molar-refractivity contribution in [2.45, 2.75) is 25.2 Å². The van der Waals surface area contributed by atoms with Crippen LogP contribution in [0.1, 0.15) is 24.2 Å². The van der Waals surface area contributed by atoms with E-state index in [1.165, 1.54) is 18.0 Å². The van der Waals surface area contributed by atoms with Crippen molar-refractivity contribution in [3.63, 3.8) is 0 Å². The third-order valence-corrected chi connectivity index (χ3v) is 3.78. The molecule has 0 radical (unpaired) electrons. The largest absolute Gasteiger partial charge is 0.438 e. The molecule has 2 amide bonds. The smallest absolute Gasteiger partial charge is 0.433 e. The van der Waals surface area contributed by atoms with Crippen LogP contribution in [0.4, 0.5) is 27.2 Å². The first-order valence-corrected chi connectivity index (χ1v) is 7.39. The molecule has 0 bridgehead atoms. The van der Waals surface area contributed by atoms with Crippen molar-refractivity contribution in [1.29, 1.82) is 0 Å². The zero-order valence-corrected chi connectivity index (χ0v) is 13.6. The average molecular weight is 381 g/mol. The Morgan fingerprint density at radius 2 is 2.04 bits per heavy atom. The second-order valence-corrected chi connectivity index (χ2v) is 5.61. The van der Waals surface area contributed by atoms with Crippen molar-refractivity contribution in [1.82, 2.24) is 10.0 Å². The van der Waals surface area contributed by atoms with E-state index in [4.69, 9.17) is 16.3 Å². The number of hydrogen-bond donors (Lipinski definition) is 0. The fraction of sp³-hybridized carbons (Fsp3) is 0.333. The molecule has 1 heterocycles. The lowest BCUT2D eigenvalue weighted by Gasteiger charge is -2.43. The minimum absolute atomic E-state index is 0.00727. The number of carbonyl (C=O) groups excluding carboxylic acids is 2. The van der Waals surface area contributed by atoms with Gasteiger partial charge in [0.1, 0.15) is 11.9 Å². The monoisotopic (exact) mass is 380 g/mol. The molecule has 0 aliphatic carbocycles. The van der Waals surface area contributed by atoms with Gasteiger partial charge in [-0.2, -0.15) is 23.2 Å². The molecule has 0 N–H and O–H groups in total. The van der Waals surface area contributed by atoms with Crippen LogP contribution >= 0.6 is 11.6 Å². The standard InChI is InChI=1S/C15H13ClF4N2O3/c1-3-4-21-8(2)12(25-14(24)22(21)13(16)23)9-5-10(15(18,19)20)7-11(17)6-9/h3,5-8,12H,1,4H2,2H3/t8-,12-/m0/s1. The summed E-state index contributed by atoms with van der Waals surface area (Å²) in [6, 6.07) is 1.08. The minimum atomic E-state index is -4.77. The summed E-state index contributed by atoms with van der Waals surface area (Å²) in [5.41, 5.74) is -1.40. The summed E-state index contributed by atoms with van der Waals surface area (Å²) < 4.78 is 57.3. The number of cyclic esters (lactones) is 1. The van der Waals surface area contributed by atoms with Gasteiger partial charge >= 0.3 is 17.6 Å². The first-order chi connectivity index (χ1) is 11.6. The molecule has 136 valence electrons. The zero-order valence-electron chi connectivity index (χ0n) is 12.9. The highest BCUT2D eigenvalue weighted by molar-refractivity contribution is 6.63. The Labute approximate surface area is 145 Å². The fourth-order valence-corrected chi connectivity index (χ4v) is 2.71. The second kappa shape index (κ2) is 7.01. The third-order valence-electron chi connectivity index (χ3n) is 3.62. The van der Waals surface area contributed by atoms with Crippen LogP contribution in [0, 0.1) is 5.82 Å². The topological polar surface area (TPSA) is 49.9 Å². The maximum absolute atomic E-state index is 13.6. The summed E-state index contributed by atoms with van der Waals surface area (Å²) in [5.74, 6) is -1.13. The van der Waals surface area contributed by atoms with Crippen LogP contribution in [0.2, 0.25) is 0 Å². The van der Waals surface area contributed by atoms with Gasteiger partial charge in [-0.25, -0.2) is 9.18 Å². The molecule has 0 saturated carbocycles. The predicted molar refractivity (Wildman–Crippen MR) is 80.1 cm³/mol. The summed E-state index contributed by atoms with van der Waals surface area (Å²) in [5, 5.41) is 0.540. The number of ether oxygens (including phenoxy) is 1. The molecule has 1 fully saturated rings. The summed E-state index contributed by atoms with van der Waals surface area (Å²) in [7, 11) is 0. The van der Waals surface area contributed by atoms with E-state index in [2.05, 4.69) is 6.58 Å². The summed E-state index contributed by atoms with van der Waals surface area (Å²) >= 11 is 5.35. The number of hydrazine groups is 1. The summed E-state index contributed by atoms with van der Waals surface area (Å²) in [6.07, 6.45) is -5.82. The molecular weight excluding hydrogens is 368 g/mol. The van der Waals surface area contributed by atoms with E-state index in [0.717, 1.165) is 6.07 Å². The maximum Gasteiger partial charge on any atom is 0.433 e. The second-order valence-electron chi connectivity index (χ2n) is 5.29. The number of amides is 2. The van der Waals surface area contributed by atoms with Crippen LogP contribution in [-0.2, 0) is 10.9 Å². The summed E-state index contributed by atoms with van der Waals surface area (Å²) in [4.78, 5) is 23.5. The van der Waals surface area contributed by atoms with Gasteiger partial charge in [0.2, 0.25) is 0 Å². The number of carbonyl (C=O) groups is 2. The van der Waals surface area contributed by atoms with Gasteiger partial charge in [-0.05, 0) is 42.3 Å². The van der Waals surface area contributed by atoms with Crippen LogP contribution in [0.3, 0.4) is 0 Å². The van der Waals surface area contributed by atoms with Crippen molar-refractivity contribution in [3.8, 4) is 0 Å². The number of halogens is 5. The molecule has 5 nitrogen and oxygen atoms in total. The molecule has 1 aliphatic rings. The van der Waals surface area contributed by atoms with E-state index >= 15 is 0 Å². The molecule has 10 heteroatoms. The Morgan fingerprint density at radius 1 is 1.40 bits per heavy atom. The molecule has 2 rings (SSSR count). The van der Waals surface area contributed by atoms with E-state index in [0.29, 0.717) is 17.1 Å². The average Bonchev–Trinajstić information content (AvgIpc) is 2.48. The van der Waals surface area contributed by atoms with Gasteiger partial charge < -0.3 is 4.74 Å². The predicted octanol–water partition coefficient (Wildman–Crippen LogP) is 4.49. The number of hydrogen-bond acceptors (Lipinski definition) is 4. The first kappa shape index (κ1) is 19.2. The van der Waals surface area contributed by atoms with Crippen LogP contribution in [0.5, 0.6) is 0 Å². The van der Waals surface area contributed by atoms with E-state index in [1.54, 1.807) is 0 Å². The Kier molecular flexibility index (Phi) is 5.38. The quantitative estimate of drug-likeness (QED) is 0.335. The molecule has 1 aliphatic heterocycles. The van der Waals surface area contributed by atoms with Gasteiger partial charge in [0.25, 0.3) is 0 Å². The Bertz CT molecular complexity index is 711. The highest BCUT2D eigenvalue weighted by atomic mass is 35.5. The number of nitrogens with zero attached hydrogens (tertiary/aromatic N) is 2. The lowest BCUT2D eigenvalue weighted by atomic mass is 9.99. The number of benzene rings is 1. The molecule has 1 saturated heterocycles. The van der Waals surface area contributed by atoms with Gasteiger partial charge in [-0.3, -0.25) is 4.79 Å². The number of rotatable bonds is 3. The fourth-order valence-electron chi connectivity index (χ4n) is 2.54. The highest BCUT2D eigenvalue weighted by Crippen LogP contribution is 2.36. The van der Waals surface area contributed by atoms with Crippen molar-refractivity contribution in [2.24, 2.45) is 0 Å². The van der Waals surface area contributed by atoms with E-state index < -0.39 is 41.2 Å². The Balaban J connectivity index is 2.46. The van der Waals surface area contributed by atoms with Gasteiger partial charge in [0.05, 0.1) is 11.6 Å². The maximum atomic E-state index is 13.6. The zero-order chi connectivity index (χ0) is 18.9. The van der Waals surface area contributed by atoms with Crippen molar-refractivity contribution < 1.29 is 31.9 Å². The summed E-state index contributed by atoms with van der Waals surface area (Å²) in [6.45, 7) is 4.97. The normalized spacial score (nSPS) is 21.8. The minimum Gasteiger partial charge on any atom is -0.438 e. The van der Waals surface area contributed by atoms with Crippen LogP contribution in [-0.4, -0.2) is 34.1 Å². The molecule has 25 heavy (non-hydrogen) atoms.